The third-order valence-electron chi connectivity index (χ3n) is 3.94. The van der Waals surface area contributed by atoms with Crippen molar-refractivity contribution in [1.82, 2.24) is 10.3 Å². The van der Waals surface area contributed by atoms with E-state index in [0.717, 1.165) is 36.6 Å². The zero-order valence-corrected chi connectivity index (χ0v) is 14.4. The second kappa shape index (κ2) is 8.60. The molecule has 8 heteroatoms. The average Bonchev–Trinajstić information content (AvgIpc) is 2.55. The highest BCUT2D eigenvalue weighted by atomic mass is 32.2. The Labute approximate surface area is 144 Å². The lowest BCUT2D eigenvalue weighted by Crippen LogP contribution is -2.45. The summed E-state index contributed by atoms with van der Waals surface area (Å²) in [6.07, 6.45) is -1.42. The van der Waals surface area contributed by atoms with E-state index in [1.54, 1.807) is 11.8 Å². The number of aromatic nitrogens is 1. The van der Waals surface area contributed by atoms with Crippen LogP contribution in [-0.2, 0) is 11.0 Å². The summed E-state index contributed by atoms with van der Waals surface area (Å²) in [7, 11) is 0. The van der Waals surface area contributed by atoms with Gasteiger partial charge in [-0.2, -0.15) is 24.9 Å². The van der Waals surface area contributed by atoms with Gasteiger partial charge in [-0.25, -0.2) is 4.98 Å². The van der Waals surface area contributed by atoms with E-state index in [1.807, 2.05) is 4.90 Å². The third-order valence-corrected chi connectivity index (χ3v) is 4.84. The molecule has 24 heavy (non-hydrogen) atoms. The quantitative estimate of drug-likeness (QED) is 0.790. The Morgan fingerprint density at radius 3 is 2.62 bits per heavy atom. The third kappa shape index (κ3) is 5.58. The second-order valence-corrected chi connectivity index (χ2v) is 7.07. The predicted molar refractivity (Wildman–Crippen MR) is 90.2 cm³/mol. The minimum absolute atomic E-state index is 0.0713. The monoisotopic (exact) mass is 361 g/mol. The van der Waals surface area contributed by atoms with E-state index in [0.29, 0.717) is 25.3 Å². The molecule has 0 saturated carbocycles. The first-order valence-corrected chi connectivity index (χ1v) is 9.21. The summed E-state index contributed by atoms with van der Waals surface area (Å²) in [6, 6.07) is 2.60. The molecule has 134 valence electrons. The van der Waals surface area contributed by atoms with Crippen LogP contribution in [-0.4, -0.2) is 41.5 Å². The Balaban J connectivity index is 1.79. The highest BCUT2D eigenvalue weighted by Gasteiger charge is 2.31. The van der Waals surface area contributed by atoms with Gasteiger partial charge in [-0.15, -0.1) is 0 Å². The fourth-order valence-electron chi connectivity index (χ4n) is 2.60. The highest BCUT2D eigenvalue weighted by Crippen LogP contribution is 2.29. The summed E-state index contributed by atoms with van der Waals surface area (Å²) in [4.78, 5) is 17.7. The van der Waals surface area contributed by atoms with E-state index in [2.05, 4.69) is 17.2 Å². The van der Waals surface area contributed by atoms with E-state index in [4.69, 9.17) is 0 Å². The number of nitrogens with one attached hydrogen (secondary N) is 1. The van der Waals surface area contributed by atoms with Gasteiger partial charge in [0.15, 0.2) is 0 Å². The Morgan fingerprint density at radius 2 is 2.08 bits per heavy atom. The number of nitrogens with zero attached hydrogens (tertiary/aromatic N) is 2. The van der Waals surface area contributed by atoms with Crippen LogP contribution in [0.3, 0.4) is 0 Å². The molecular weight excluding hydrogens is 339 g/mol. The first-order chi connectivity index (χ1) is 11.4. The van der Waals surface area contributed by atoms with Crippen molar-refractivity contribution in [1.29, 1.82) is 0 Å². The van der Waals surface area contributed by atoms with Crippen LogP contribution in [0.4, 0.5) is 19.0 Å². The lowest BCUT2D eigenvalue weighted by atomic mass is 10.0. The van der Waals surface area contributed by atoms with Gasteiger partial charge in [0.1, 0.15) is 5.82 Å². The second-order valence-electron chi connectivity index (χ2n) is 5.68. The Kier molecular flexibility index (Phi) is 6.77. The van der Waals surface area contributed by atoms with Crippen molar-refractivity contribution < 1.29 is 18.0 Å². The van der Waals surface area contributed by atoms with Crippen LogP contribution in [0.25, 0.3) is 0 Å². The van der Waals surface area contributed by atoms with Gasteiger partial charge in [-0.3, -0.25) is 4.79 Å². The topological polar surface area (TPSA) is 45.2 Å². The smallest absolute Gasteiger partial charge is 0.356 e. The van der Waals surface area contributed by atoms with Gasteiger partial charge < -0.3 is 10.2 Å². The predicted octanol–water partition coefficient (Wildman–Crippen LogP) is 3.33. The number of amides is 1. The van der Waals surface area contributed by atoms with E-state index < -0.39 is 11.7 Å². The van der Waals surface area contributed by atoms with E-state index in [9.17, 15) is 18.0 Å². The van der Waals surface area contributed by atoms with Gasteiger partial charge in [0, 0.05) is 37.5 Å². The van der Waals surface area contributed by atoms with Gasteiger partial charge in [0.2, 0.25) is 5.91 Å². The molecule has 1 saturated heterocycles. The van der Waals surface area contributed by atoms with Crippen LogP contribution < -0.4 is 10.2 Å². The summed E-state index contributed by atoms with van der Waals surface area (Å²) in [5.41, 5.74) is -0.738. The summed E-state index contributed by atoms with van der Waals surface area (Å²) in [5, 5.41) is 3.03. The van der Waals surface area contributed by atoms with Crippen molar-refractivity contribution in [3.05, 3.63) is 23.9 Å². The van der Waals surface area contributed by atoms with Crippen molar-refractivity contribution in [3.8, 4) is 0 Å². The Hall–Kier alpha value is -1.44. The highest BCUT2D eigenvalue weighted by molar-refractivity contribution is 7.99. The first-order valence-electron chi connectivity index (χ1n) is 8.05. The minimum Gasteiger partial charge on any atom is -0.356 e. The van der Waals surface area contributed by atoms with E-state index >= 15 is 0 Å². The SMILES string of the molecule is CCSCCC(=O)NC1CCN(c2ccc(C(F)(F)F)cn2)CC1. The standard InChI is InChI=1S/C16H22F3N3OS/c1-2-24-10-7-15(23)21-13-5-8-22(9-6-13)14-4-3-12(11-20-14)16(17,18)19/h3-4,11,13H,2,5-10H2,1H3,(H,21,23). The number of alkyl halides is 3. The first kappa shape index (κ1) is 18.9. The molecule has 0 aromatic carbocycles. The maximum Gasteiger partial charge on any atom is 0.417 e. The number of piperidine rings is 1. The summed E-state index contributed by atoms with van der Waals surface area (Å²) >= 11 is 1.74. The fourth-order valence-corrected chi connectivity index (χ4v) is 3.22. The lowest BCUT2D eigenvalue weighted by molar-refractivity contribution is -0.137. The molecule has 0 bridgehead atoms. The molecular formula is C16H22F3N3OS. The molecule has 0 spiro atoms. The Bertz CT molecular complexity index is 528. The lowest BCUT2D eigenvalue weighted by Gasteiger charge is -2.33. The van der Waals surface area contributed by atoms with Crippen LogP contribution in [0.5, 0.6) is 0 Å². The van der Waals surface area contributed by atoms with Gasteiger partial charge in [-0.05, 0) is 30.7 Å². The van der Waals surface area contributed by atoms with Gasteiger partial charge in [0.05, 0.1) is 5.56 Å². The molecule has 1 aromatic heterocycles. The molecule has 2 heterocycles. The van der Waals surface area contributed by atoms with Crippen LogP contribution in [0.15, 0.2) is 18.3 Å². The number of anilines is 1. The van der Waals surface area contributed by atoms with Crippen LogP contribution in [0, 0.1) is 0 Å². The fraction of sp³-hybridized carbons (Fsp3) is 0.625. The number of carbonyl (C=O) groups excluding carboxylic acids is 1. The summed E-state index contributed by atoms with van der Waals surface area (Å²) in [5.74, 6) is 2.46. The van der Waals surface area contributed by atoms with Gasteiger partial charge >= 0.3 is 6.18 Å². The summed E-state index contributed by atoms with van der Waals surface area (Å²) < 4.78 is 37.7. The summed E-state index contributed by atoms with van der Waals surface area (Å²) in [6.45, 7) is 3.41. The number of hydrogen-bond acceptors (Lipinski definition) is 4. The number of halogens is 3. The number of carbonyl (C=O) groups is 1. The zero-order chi connectivity index (χ0) is 17.6. The number of rotatable bonds is 6. The molecule has 1 amide bonds. The molecule has 1 N–H and O–H groups in total. The largest absolute Gasteiger partial charge is 0.417 e. The van der Waals surface area contributed by atoms with Crippen molar-refractivity contribution >= 4 is 23.5 Å². The molecule has 2 rings (SSSR count). The van der Waals surface area contributed by atoms with Crippen molar-refractivity contribution in [2.45, 2.75) is 38.4 Å². The van der Waals surface area contributed by atoms with Gasteiger partial charge in [0.25, 0.3) is 0 Å². The van der Waals surface area contributed by atoms with Gasteiger partial charge in [-0.1, -0.05) is 6.92 Å². The average molecular weight is 361 g/mol. The maximum atomic E-state index is 12.6. The van der Waals surface area contributed by atoms with E-state index in [-0.39, 0.29) is 11.9 Å². The number of thioether (sulfide) groups is 1. The molecule has 0 unspecified atom stereocenters. The molecule has 0 aliphatic carbocycles. The van der Waals surface area contributed by atoms with Crippen LogP contribution in [0.2, 0.25) is 0 Å². The van der Waals surface area contributed by atoms with Crippen LogP contribution in [0.1, 0.15) is 31.7 Å². The normalized spacial score (nSPS) is 16.2. The zero-order valence-electron chi connectivity index (χ0n) is 13.6. The molecule has 4 nitrogen and oxygen atoms in total. The van der Waals surface area contributed by atoms with E-state index in [1.165, 1.54) is 6.07 Å². The minimum atomic E-state index is -4.36. The number of hydrogen-bond donors (Lipinski definition) is 1. The van der Waals surface area contributed by atoms with Crippen LogP contribution >= 0.6 is 11.8 Å². The molecule has 1 aromatic rings. The van der Waals surface area contributed by atoms with Crippen molar-refractivity contribution in [2.24, 2.45) is 0 Å². The molecule has 1 aliphatic rings. The molecule has 0 atom stereocenters. The van der Waals surface area contributed by atoms with Crippen molar-refractivity contribution in [2.75, 3.05) is 29.5 Å². The molecule has 0 radical (unpaired) electrons. The Morgan fingerprint density at radius 1 is 1.38 bits per heavy atom. The maximum absolute atomic E-state index is 12.6. The molecule has 1 aliphatic heterocycles. The van der Waals surface area contributed by atoms with Crippen molar-refractivity contribution in [3.63, 3.8) is 0 Å². The molecule has 1 fully saturated rings. The number of pyridine rings is 1.